The number of rotatable bonds is 7. The van der Waals surface area contributed by atoms with E-state index >= 15 is 0 Å². The normalized spacial score (nSPS) is 28.2. The topological polar surface area (TPSA) is 32.8 Å². The van der Waals surface area contributed by atoms with Crippen molar-refractivity contribution in [3.8, 4) is 0 Å². The Morgan fingerprint density at radius 1 is 1.19 bits per heavy atom. The lowest BCUT2D eigenvalue weighted by Crippen LogP contribution is -2.41. The molecule has 21 heavy (non-hydrogen) atoms. The SMILES string of the molecule is C[Si](C)(C)[C@H]([C@H]1O[C@@H]1CCc1ccccc1)[C@H](O)C1CC1. The van der Waals surface area contributed by atoms with Gasteiger partial charge in [0.1, 0.15) is 0 Å². The third-order valence-electron chi connectivity index (χ3n) is 5.01. The van der Waals surface area contributed by atoms with Crippen LogP contribution in [0.1, 0.15) is 24.8 Å². The Labute approximate surface area is 129 Å². The van der Waals surface area contributed by atoms with Crippen LogP contribution in [-0.2, 0) is 11.2 Å². The van der Waals surface area contributed by atoms with Gasteiger partial charge >= 0.3 is 0 Å². The van der Waals surface area contributed by atoms with Gasteiger partial charge in [-0.05, 0) is 37.2 Å². The molecule has 1 aliphatic carbocycles. The molecule has 3 heteroatoms. The summed E-state index contributed by atoms with van der Waals surface area (Å²) in [6.45, 7) is 7.12. The molecule has 0 aromatic heterocycles. The van der Waals surface area contributed by atoms with Crippen molar-refractivity contribution in [2.45, 2.75) is 69.2 Å². The standard InChI is InChI=1S/C18H28O2Si/c1-21(2,3)18(16(19)14-10-11-14)17-15(20-17)12-9-13-7-5-4-6-8-13/h4-8,14-19H,9-12H2,1-3H3/t15-,16-,17+,18+/m1/s1. The van der Waals surface area contributed by atoms with Crippen LogP contribution < -0.4 is 0 Å². The van der Waals surface area contributed by atoms with Gasteiger partial charge in [-0.25, -0.2) is 0 Å². The van der Waals surface area contributed by atoms with E-state index in [9.17, 15) is 5.11 Å². The van der Waals surface area contributed by atoms with Crippen molar-refractivity contribution in [2.24, 2.45) is 5.92 Å². The highest BCUT2D eigenvalue weighted by atomic mass is 28.3. The predicted octanol–water partition coefficient (Wildman–Crippen LogP) is 3.87. The van der Waals surface area contributed by atoms with Crippen LogP contribution in [0.3, 0.4) is 0 Å². The van der Waals surface area contributed by atoms with Gasteiger partial charge in [0.2, 0.25) is 0 Å². The molecule has 4 atom stereocenters. The van der Waals surface area contributed by atoms with Crippen LogP contribution in [0.2, 0.25) is 25.2 Å². The molecule has 1 N–H and O–H groups in total. The van der Waals surface area contributed by atoms with E-state index in [4.69, 9.17) is 4.74 Å². The average Bonchev–Trinajstić information content (AvgIpc) is 3.31. The van der Waals surface area contributed by atoms with E-state index in [-0.39, 0.29) is 6.10 Å². The first-order valence-corrected chi connectivity index (χ1v) is 11.9. The molecule has 2 aliphatic rings. The lowest BCUT2D eigenvalue weighted by molar-refractivity contribution is 0.127. The Bertz CT molecular complexity index is 464. The predicted molar refractivity (Wildman–Crippen MR) is 89.3 cm³/mol. The fourth-order valence-electron chi connectivity index (χ4n) is 3.59. The number of ether oxygens (including phenoxy) is 1. The van der Waals surface area contributed by atoms with Crippen molar-refractivity contribution in [2.75, 3.05) is 0 Å². The van der Waals surface area contributed by atoms with Gasteiger partial charge in [0.25, 0.3) is 0 Å². The lowest BCUT2D eigenvalue weighted by Gasteiger charge is -2.32. The summed E-state index contributed by atoms with van der Waals surface area (Å²) in [4.78, 5) is 0. The molecule has 0 bridgehead atoms. The van der Waals surface area contributed by atoms with Crippen molar-refractivity contribution in [3.05, 3.63) is 35.9 Å². The monoisotopic (exact) mass is 304 g/mol. The second kappa shape index (κ2) is 5.86. The first-order chi connectivity index (χ1) is 9.97. The number of epoxide rings is 1. The molecule has 0 spiro atoms. The summed E-state index contributed by atoms with van der Waals surface area (Å²) in [5, 5.41) is 10.7. The highest BCUT2D eigenvalue weighted by molar-refractivity contribution is 6.78. The smallest absolute Gasteiger partial charge is 0.0870 e. The van der Waals surface area contributed by atoms with E-state index in [0.29, 0.717) is 23.7 Å². The van der Waals surface area contributed by atoms with E-state index in [1.54, 1.807) is 0 Å². The summed E-state index contributed by atoms with van der Waals surface area (Å²) in [5.74, 6) is 0.556. The van der Waals surface area contributed by atoms with Crippen LogP contribution in [0, 0.1) is 5.92 Å². The zero-order valence-electron chi connectivity index (χ0n) is 13.5. The van der Waals surface area contributed by atoms with Gasteiger partial charge in [-0.1, -0.05) is 50.0 Å². The van der Waals surface area contributed by atoms with Gasteiger partial charge in [-0.2, -0.15) is 0 Å². The molecule has 2 fully saturated rings. The molecule has 1 heterocycles. The quantitative estimate of drug-likeness (QED) is 0.613. The van der Waals surface area contributed by atoms with Crippen LogP contribution in [0.5, 0.6) is 0 Å². The van der Waals surface area contributed by atoms with Crippen LogP contribution >= 0.6 is 0 Å². The molecule has 3 rings (SSSR count). The molecule has 1 saturated heterocycles. The van der Waals surface area contributed by atoms with E-state index in [1.807, 2.05) is 0 Å². The number of aryl methyl sites for hydroxylation is 1. The van der Waals surface area contributed by atoms with Crippen molar-refractivity contribution in [1.82, 2.24) is 0 Å². The third-order valence-corrected chi connectivity index (χ3v) is 7.68. The van der Waals surface area contributed by atoms with Crippen LogP contribution in [0.15, 0.2) is 30.3 Å². The highest BCUT2D eigenvalue weighted by Gasteiger charge is 2.54. The summed E-state index contributed by atoms with van der Waals surface area (Å²) in [6, 6.07) is 10.6. The van der Waals surface area contributed by atoms with E-state index in [2.05, 4.69) is 50.0 Å². The first-order valence-electron chi connectivity index (χ1n) is 8.34. The second-order valence-electron chi connectivity index (χ2n) is 7.88. The minimum absolute atomic E-state index is 0.122. The highest BCUT2D eigenvalue weighted by Crippen LogP contribution is 2.49. The van der Waals surface area contributed by atoms with Gasteiger partial charge in [-0.15, -0.1) is 0 Å². The minimum atomic E-state index is -1.40. The molecule has 1 aliphatic heterocycles. The van der Waals surface area contributed by atoms with Crippen LogP contribution in [-0.4, -0.2) is 31.5 Å². The minimum Gasteiger partial charge on any atom is -0.393 e. The molecule has 1 aromatic carbocycles. The Morgan fingerprint density at radius 3 is 2.43 bits per heavy atom. The van der Waals surface area contributed by atoms with Gasteiger partial charge in [0, 0.05) is 5.54 Å². The lowest BCUT2D eigenvalue weighted by atomic mass is 10.0. The molecule has 2 nitrogen and oxygen atoms in total. The van der Waals surface area contributed by atoms with Gasteiger partial charge in [0.05, 0.1) is 26.4 Å². The maximum atomic E-state index is 10.7. The Hall–Kier alpha value is -0.643. The van der Waals surface area contributed by atoms with Crippen molar-refractivity contribution in [1.29, 1.82) is 0 Å². The molecule has 0 amide bonds. The van der Waals surface area contributed by atoms with Gasteiger partial charge in [-0.3, -0.25) is 0 Å². The fraction of sp³-hybridized carbons (Fsp3) is 0.667. The zero-order valence-corrected chi connectivity index (χ0v) is 14.5. The summed E-state index contributed by atoms with van der Waals surface area (Å²) in [5.41, 5.74) is 1.80. The summed E-state index contributed by atoms with van der Waals surface area (Å²) in [6.07, 6.45) is 5.16. The largest absolute Gasteiger partial charge is 0.393 e. The van der Waals surface area contributed by atoms with Gasteiger partial charge in [0.15, 0.2) is 0 Å². The molecular weight excluding hydrogens is 276 g/mol. The maximum Gasteiger partial charge on any atom is 0.0870 e. The fourth-order valence-corrected chi connectivity index (χ4v) is 6.16. The summed E-state index contributed by atoms with van der Waals surface area (Å²) >= 11 is 0. The number of aliphatic hydroxyl groups is 1. The second-order valence-corrected chi connectivity index (χ2v) is 13.3. The van der Waals surface area contributed by atoms with Crippen LogP contribution in [0.25, 0.3) is 0 Å². The Kier molecular flexibility index (Phi) is 4.26. The van der Waals surface area contributed by atoms with Crippen molar-refractivity contribution in [3.63, 3.8) is 0 Å². The maximum absolute atomic E-state index is 10.7. The molecule has 1 aromatic rings. The van der Waals surface area contributed by atoms with Crippen molar-refractivity contribution < 1.29 is 9.84 Å². The number of aliphatic hydroxyl groups excluding tert-OH is 1. The van der Waals surface area contributed by atoms with E-state index in [1.165, 1.54) is 18.4 Å². The van der Waals surface area contributed by atoms with Crippen LogP contribution in [0.4, 0.5) is 0 Å². The zero-order chi connectivity index (χ0) is 15.0. The number of hydrogen-bond acceptors (Lipinski definition) is 2. The molecular formula is C18H28O2Si. The van der Waals surface area contributed by atoms with E-state index in [0.717, 1.165) is 12.8 Å². The summed E-state index contributed by atoms with van der Waals surface area (Å²) in [7, 11) is -1.40. The molecule has 1 saturated carbocycles. The Balaban J connectivity index is 1.56. The number of benzene rings is 1. The molecule has 116 valence electrons. The summed E-state index contributed by atoms with van der Waals surface area (Å²) < 4.78 is 6.00. The van der Waals surface area contributed by atoms with Crippen molar-refractivity contribution >= 4 is 8.07 Å². The average molecular weight is 305 g/mol. The molecule has 0 unspecified atom stereocenters. The Morgan fingerprint density at radius 2 is 1.86 bits per heavy atom. The first kappa shape index (κ1) is 15.3. The number of hydrogen-bond donors (Lipinski definition) is 1. The van der Waals surface area contributed by atoms with Gasteiger partial charge < -0.3 is 9.84 Å². The van der Waals surface area contributed by atoms with E-state index < -0.39 is 8.07 Å². The molecule has 0 radical (unpaired) electrons. The third kappa shape index (κ3) is 3.76.